The molecule has 0 radical (unpaired) electrons. The van der Waals surface area contributed by atoms with Crippen LogP contribution in [0.1, 0.15) is 18.4 Å². The van der Waals surface area contributed by atoms with Crippen LogP contribution in [0.25, 0.3) is 0 Å². The second-order valence-electron chi connectivity index (χ2n) is 4.98. The molecule has 0 saturated carbocycles. The molecular formula is C15H19N3O4. The quantitative estimate of drug-likeness (QED) is 0.613. The van der Waals surface area contributed by atoms with Gasteiger partial charge in [-0.15, -0.1) is 0 Å². The van der Waals surface area contributed by atoms with E-state index in [9.17, 15) is 14.4 Å². The molecule has 1 aromatic rings. The lowest BCUT2D eigenvalue weighted by atomic mass is 10.0. The molecule has 0 atom stereocenters. The minimum Gasteiger partial charge on any atom is -0.496 e. The van der Waals surface area contributed by atoms with Crippen LogP contribution in [0.5, 0.6) is 5.75 Å². The van der Waals surface area contributed by atoms with Gasteiger partial charge in [-0.3, -0.25) is 25.2 Å². The third kappa shape index (κ3) is 3.97. The largest absolute Gasteiger partial charge is 0.496 e. The number of rotatable bonds is 7. The number of carbonyl (C=O) groups excluding carboxylic acids is 3. The van der Waals surface area contributed by atoms with E-state index in [0.717, 1.165) is 11.3 Å². The van der Waals surface area contributed by atoms with Gasteiger partial charge < -0.3 is 10.1 Å². The summed E-state index contributed by atoms with van der Waals surface area (Å²) in [5.74, 6) is -0.933. The lowest BCUT2D eigenvalue weighted by Crippen LogP contribution is -2.28. The number of amides is 3. The molecular weight excluding hydrogens is 286 g/mol. The smallest absolute Gasteiger partial charge is 0.251 e. The van der Waals surface area contributed by atoms with E-state index in [0.29, 0.717) is 13.0 Å². The number of para-hydroxylation sites is 1. The zero-order chi connectivity index (χ0) is 15.9. The summed E-state index contributed by atoms with van der Waals surface area (Å²) in [6.45, 7) is 0.474. The molecule has 3 N–H and O–H groups in total. The predicted octanol–water partition coefficient (Wildman–Crippen LogP) is -0.0887. The molecule has 1 fully saturated rings. The second-order valence-corrected chi connectivity index (χ2v) is 4.98. The molecule has 0 spiro atoms. The highest BCUT2D eigenvalue weighted by atomic mass is 16.5. The average Bonchev–Trinajstić information content (AvgIpc) is 2.84. The fraction of sp³-hybridized carbons (Fsp3) is 0.400. The van der Waals surface area contributed by atoms with Gasteiger partial charge in [0.15, 0.2) is 0 Å². The Morgan fingerprint density at radius 3 is 2.59 bits per heavy atom. The van der Waals surface area contributed by atoms with Crippen molar-refractivity contribution in [2.45, 2.75) is 19.3 Å². The van der Waals surface area contributed by atoms with Gasteiger partial charge in [0.2, 0.25) is 5.91 Å². The van der Waals surface area contributed by atoms with Gasteiger partial charge in [0, 0.05) is 13.0 Å². The number of hydrazine groups is 1. The first kappa shape index (κ1) is 15.8. The molecule has 1 heterocycles. The Morgan fingerprint density at radius 1 is 1.23 bits per heavy atom. The molecule has 7 heteroatoms. The lowest BCUT2D eigenvalue weighted by Gasteiger charge is -2.09. The normalized spacial score (nSPS) is 14.4. The van der Waals surface area contributed by atoms with Gasteiger partial charge >= 0.3 is 0 Å². The van der Waals surface area contributed by atoms with E-state index in [4.69, 9.17) is 4.74 Å². The molecule has 118 valence electrons. The van der Waals surface area contributed by atoms with Crippen LogP contribution in [0.3, 0.4) is 0 Å². The number of ether oxygens (including phenoxy) is 1. The minimum atomic E-state index is -0.778. The third-order valence-corrected chi connectivity index (χ3v) is 3.51. The molecule has 1 saturated heterocycles. The van der Waals surface area contributed by atoms with Crippen LogP contribution in [0.15, 0.2) is 24.3 Å². The van der Waals surface area contributed by atoms with Gasteiger partial charge in [0.1, 0.15) is 11.7 Å². The van der Waals surface area contributed by atoms with E-state index in [1.165, 1.54) is 0 Å². The third-order valence-electron chi connectivity index (χ3n) is 3.51. The highest BCUT2D eigenvalue weighted by Gasteiger charge is 2.32. The molecule has 22 heavy (non-hydrogen) atoms. The summed E-state index contributed by atoms with van der Waals surface area (Å²) in [5, 5.41) is 2.78. The van der Waals surface area contributed by atoms with Crippen molar-refractivity contribution in [3.05, 3.63) is 29.8 Å². The molecule has 0 unspecified atom stereocenters. The fourth-order valence-corrected chi connectivity index (χ4v) is 2.29. The number of hydrogen-bond acceptors (Lipinski definition) is 4. The van der Waals surface area contributed by atoms with Crippen LogP contribution < -0.4 is 20.9 Å². The SMILES string of the molecule is COc1ccccc1CCNC(=O)CCC1C(=O)NNC1=O. The van der Waals surface area contributed by atoms with Crippen molar-refractivity contribution in [1.29, 1.82) is 0 Å². The lowest BCUT2D eigenvalue weighted by molar-refractivity contribution is -0.128. The Labute approximate surface area is 128 Å². The summed E-state index contributed by atoms with van der Waals surface area (Å²) in [6.07, 6.45) is 0.996. The maximum absolute atomic E-state index is 11.8. The number of carbonyl (C=O) groups is 3. The van der Waals surface area contributed by atoms with E-state index < -0.39 is 5.92 Å². The van der Waals surface area contributed by atoms with E-state index >= 15 is 0 Å². The van der Waals surface area contributed by atoms with Crippen molar-refractivity contribution < 1.29 is 19.1 Å². The Kier molecular flexibility index (Phi) is 5.35. The molecule has 0 bridgehead atoms. The van der Waals surface area contributed by atoms with Crippen molar-refractivity contribution in [2.75, 3.05) is 13.7 Å². The first-order chi connectivity index (χ1) is 10.6. The van der Waals surface area contributed by atoms with Crippen molar-refractivity contribution in [1.82, 2.24) is 16.2 Å². The van der Waals surface area contributed by atoms with E-state index in [2.05, 4.69) is 16.2 Å². The first-order valence-electron chi connectivity index (χ1n) is 7.10. The number of methoxy groups -OCH3 is 1. The van der Waals surface area contributed by atoms with Gasteiger partial charge in [-0.2, -0.15) is 0 Å². The van der Waals surface area contributed by atoms with E-state index in [1.807, 2.05) is 24.3 Å². The molecule has 7 nitrogen and oxygen atoms in total. The molecule has 0 aliphatic carbocycles. The van der Waals surface area contributed by atoms with Crippen LogP contribution in [-0.2, 0) is 20.8 Å². The van der Waals surface area contributed by atoms with Gasteiger partial charge in [0.25, 0.3) is 11.8 Å². The van der Waals surface area contributed by atoms with Crippen molar-refractivity contribution in [2.24, 2.45) is 5.92 Å². The summed E-state index contributed by atoms with van der Waals surface area (Å²) in [4.78, 5) is 34.4. The van der Waals surface area contributed by atoms with Gasteiger partial charge in [-0.25, -0.2) is 0 Å². The molecule has 1 aliphatic heterocycles. The van der Waals surface area contributed by atoms with Gasteiger partial charge in [-0.1, -0.05) is 18.2 Å². The first-order valence-corrected chi connectivity index (χ1v) is 7.10. The topological polar surface area (TPSA) is 96.5 Å². The van der Waals surface area contributed by atoms with Gasteiger partial charge in [0.05, 0.1) is 7.11 Å². The van der Waals surface area contributed by atoms with Crippen molar-refractivity contribution in [3.8, 4) is 5.75 Å². The summed E-state index contributed by atoms with van der Waals surface area (Å²) >= 11 is 0. The standard InChI is InChI=1S/C15H19N3O4/c1-22-12-5-3-2-4-10(12)8-9-16-13(19)7-6-11-14(20)17-18-15(11)21/h2-5,11H,6-9H2,1H3,(H,16,19)(H,17,20)(H,18,21). The minimum absolute atomic E-state index is 0.136. The van der Waals surface area contributed by atoms with Crippen LogP contribution in [0.2, 0.25) is 0 Å². The maximum atomic E-state index is 11.8. The molecule has 0 aromatic heterocycles. The fourth-order valence-electron chi connectivity index (χ4n) is 2.29. The summed E-state index contributed by atoms with van der Waals surface area (Å²) < 4.78 is 5.24. The second kappa shape index (κ2) is 7.44. The maximum Gasteiger partial charge on any atom is 0.251 e. The number of nitrogens with one attached hydrogen (secondary N) is 3. The zero-order valence-corrected chi connectivity index (χ0v) is 12.3. The Morgan fingerprint density at radius 2 is 1.91 bits per heavy atom. The van der Waals surface area contributed by atoms with Crippen LogP contribution in [0.4, 0.5) is 0 Å². The number of hydrogen-bond donors (Lipinski definition) is 3. The average molecular weight is 305 g/mol. The molecule has 1 aromatic carbocycles. The van der Waals surface area contributed by atoms with Crippen LogP contribution in [0, 0.1) is 5.92 Å². The van der Waals surface area contributed by atoms with Crippen LogP contribution >= 0.6 is 0 Å². The monoisotopic (exact) mass is 305 g/mol. The number of benzene rings is 1. The summed E-state index contributed by atoms with van der Waals surface area (Å²) in [5.41, 5.74) is 5.49. The van der Waals surface area contributed by atoms with E-state index in [-0.39, 0.29) is 30.6 Å². The zero-order valence-electron chi connectivity index (χ0n) is 12.3. The van der Waals surface area contributed by atoms with Crippen LogP contribution in [-0.4, -0.2) is 31.4 Å². The predicted molar refractivity (Wildman–Crippen MR) is 78.7 cm³/mol. The highest BCUT2D eigenvalue weighted by Crippen LogP contribution is 2.17. The van der Waals surface area contributed by atoms with Crippen molar-refractivity contribution >= 4 is 17.7 Å². The molecule has 1 aliphatic rings. The van der Waals surface area contributed by atoms with Gasteiger partial charge in [-0.05, 0) is 24.5 Å². The molecule has 3 amide bonds. The highest BCUT2D eigenvalue weighted by molar-refractivity contribution is 6.05. The summed E-state index contributed by atoms with van der Waals surface area (Å²) in [6, 6.07) is 7.61. The Hall–Kier alpha value is -2.57. The Balaban J connectivity index is 1.72. The Bertz CT molecular complexity index is 558. The molecule has 2 rings (SSSR count). The van der Waals surface area contributed by atoms with E-state index in [1.54, 1.807) is 7.11 Å². The van der Waals surface area contributed by atoms with Crippen molar-refractivity contribution in [3.63, 3.8) is 0 Å². The summed E-state index contributed by atoms with van der Waals surface area (Å²) in [7, 11) is 1.61.